The lowest BCUT2D eigenvalue weighted by Crippen LogP contribution is -2.45. The Balaban J connectivity index is 1.69. The number of rotatable bonds is 3. The highest BCUT2D eigenvalue weighted by Crippen LogP contribution is 2.40. The molecule has 18 heavy (non-hydrogen) atoms. The van der Waals surface area contributed by atoms with E-state index in [2.05, 4.69) is 30.8 Å². The fourth-order valence-electron chi connectivity index (χ4n) is 3.11. The topological polar surface area (TPSA) is 21.3 Å². The quantitative estimate of drug-likeness (QED) is 0.824. The Morgan fingerprint density at radius 2 is 2.22 bits per heavy atom. The maximum absolute atomic E-state index is 6.40. The zero-order valence-electron chi connectivity index (χ0n) is 11.4. The molecule has 0 amide bonds. The molecule has 2 nitrogen and oxygen atoms in total. The number of allylic oxidation sites excluding steroid dienone is 3. The van der Waals surface area contributed by atoms with Gasteiger partial charge in [-0.25, -0.2) is 0 Å². The van der Waals surface area contributed by atoms with Gasteiger partial charge in [-0.1, -0.05) is 12.5 Å². The monoisotopic (exact) mass is 246 g/mol. The summed E-state index contributed by atoms with van der Waals surface area (Å²) in [6, 6.07) is 0. The Labute approximate surface area is 110 Å². The van der Waals surface area contributed by atoms with Crippen LogP contribution in [0.2, 0.25) is 0 Å². The molecule has 1 atom stereocenters. The Kier molecular flexibility index (Phi) is 3.47. The van der Waals surface area contributed by atoms with Crippen molar-refractivity contribution in [3.63, 3.8) is 0 Å². The molecule has 2 heteroatoms. The van der Waals surface area contributed by atoms with E-state index in [-0.39, 0.29) is 5.60 Å². The fraction of sp³-hybridized carbons (Fsp3) is 0.688. The Bertz CT molecular complexity index is 359. The molecule has 3 rings (SSSR count). The zero-order chi connectivity index (χ0) is 12.4. The maximum Gasteiger partial charge on any atom is 0.119 e. The standard InChI is InChI=1S/C16H24NO/c1-16(10-5-11-17-12-16)18-15-9-3-2-8-14(15)13-6-4-7-13/h2,8-9,13,17H,3-7,10-12H2,1H3/t16-/m1/s1. The number of ether oxygens (including phenoxy) is 1. The molecule has 3 aliphatic rings. The second-order valence-electron chi connectivity index (χ2n) is 6.12. The van der Waals surface area contributed by atoms with Gasteiger partial charge >= 0.3 is 0 Å². The molecule has 0 aromatic heterocycles. The van der Waals surface area contributed by atoms with Gasteiger partial charge in [-0.05, 0) is 69.6 Å². The van der Waals surface area contributed by atoms with Gasteiger partial charge in [0, 0.05) is 6.54 Å². The summed E-state index contributed by atoms with van der Waals surface area (Å²) in [4.78, 5) is 0. The van der Waals surface area contributed by atoms with Gasteiger partial charge in [-0.15, -0.1) is 0 Å². The molecular weight excluding hydrogens is 222 g/mol. The molecule has 1 heterocycles. The molecule has 1 saturated heterocycles. The van der Waals surface area contributed by atoms with Gasteiger partial charge in [-0.2, -0.15) is 0 Å². The van der Waals surface area contributed by atoms with Gasteiger partial charge in [-0.3, -0.25) is 0 Å². The molecule has 1 aliphatic heterocycles. The molecule has 0 unspecified atom stereocenters. The molecule has 99 valence electrons. The number of nitrogens with one attached hydrogen (secondary N) is 1. The zero-order valence-corrected chi connectivity index (χ0v) is 11.4. The Morgan fingerprint density at radius 1 is 1.33 bits per heavy atom. The third-order valence-electron chi connectivity index (χ3n) is 4.48. The van der Waals surface area contributed by atoms with E-state index in [0.29, 0.717) is 0 Å². The van der Waals surface area contributed by atoms with Crippen molar-refractivity contribution >= 4 is 0 Å². The number of piperidine rings is 1. The summed E-state index contributed by atoms with van der Waals surface area (Å²) in [5.41, 5.74) is 1.45. The van der Waals surface area contributed by atoms with Crippen LogP contribution in [0.5, 0.6) is 0 Å². The summed E-state index contributed by atoms with van der Waals surface area (Å²) >= 11 is 0. The SMILES string of the molecule is C[C@@]1(OC2=CC[CH]C=C2C2CCC2)CCCNC1. The predicted molar refractivity (Wildman–Crippen MR) is 74.0 cm³/mol. The third kappa shape index (κ3) is 2.49. The lowest BCUT2D eigenvalue weighted by Gasteiger charge is -2.39. The average molecular weight is 246 g/mol. The van der Waals surface area contributed by atoms with E-state index in [0.717, 1.165) is 25.4 Å². The Morgan fingerprint density at radius 3 is 2.89 bits per heavy atom. The van der Waals surface area contributed by atoms with Crippen LogP contribution < -0.4 is 5.32 Å². The minimum Gasteiger partial charge on any atom is -0.486 e. The van der Waals surface area contributed by atoms with E-state index >= 15 is 0 Å². The van der Waals surface area contributed by atoms with Gasteiger partial charge in [0.1, 0.15) is 11.4 Å². The van der Waals surface area contributed by atoms with Crippen molar-refractivity contribution in [2.45, 2.75) is 51.0 Å². The molecule has 1 radical (unpaired) electrons. The maximum atomic E-state index is 6.40. The van der Waals surface area contributed by atoms with E-state index < -0.39 is 0 Å². The highest BCUT2D eigenvalue weighted by molar-refractivity contribution is 5.36. The van der Waals surface area contributed by atoms with Crippen LogP contribution in [-0.4, -0.2) is 18.7 Å². The summed E-state index contributed by atoms with van der Waals surface area (Å²) in [6.07, 6.45) is 14.3. The van der Waals surface area contributed by atoms with E-state index in [1.807, 2.05) is 0 Å². The van der Waals surface area contributed by atoms with Crippen LogP contribution in [0.3, 0.4) is 0 Å². The van der Waals surface area contributed by atoms with Gasteiger partial charge < -0.3 is 10.1 Å². The molecule has 2 fully saturated rings. The average Bonchev–Trinajstić information content (AvgIpc) is 2.30. The fourth-order valence-corrected chi connectivity index (χ4v) is 3.11. The molecule has 0 bridgehead atoms. The summed E-state index contributed by atoms with van der Waals surface area (Å²) in [5, 5.41) is 3.46. The van der Waals surface area contributed by atoms with Crippen molar-refractivity contribution in [2.24, 2.45) is 5.92 Å². The van der Waals surface area contributed by atoms with E-state index in [1.54, 1.807) is 0 Å². The van der Waals surface area contributed by atoms with E-state index in [9.17, 15) is 0 Å². The van der Waals surface area contributed by atoms with Crippen molar-refractivity contribution in [1.29, 1.82) is 0 Å². The first kappa shape index (κ1) is 12.3. The first-order valence-electron chi connectivity index (χ1n) is 7.40. The first-order valence-corrected chi connectivity index (χ1v) is 7.40. The second kappa shape index (κ2) is 5.08. The highest BCUT2D eigenvalue weighted by Gasteiger charge is 2.33. The minimum absolute atomic E-state index is 0.00966. The molecule has 2 aliphatic carbocycles. The van der Waals surface area contributed by atoms with E-state index in [4.69, 9.17) is 4.74 Å². The van der Waals surface area contributed by atoms with Crippen molar-refractivity contribution in [1.82, 2.24) is 5.32 Å². The van der Waals surface area contributed by atoms with Gasteiger partial charge in [0.2, 0.25) is 0 Å². The van der Waals surface area contributed by atoms with Crippen LogP contribution in [-0.2, 0) is 4.74 Å². The van der Waals surface area contributed by atoms with Crippen LogP contribution in [0, 0.1) is 12.3 Å². The van der Waals surface area contributed by atoms with Crippen LogP contribution in [0.4, 0.5) is 0 Å². The second-order valence-corrected chi connectivity index (χ2v) is 6.12. The molecule has 0 aromatic carbocycles. The largest absolute Gasteiger partial charge is 0.486 e. The van der Waals surface area contributed by atoms with Crippen molar-refractivity contribution in [3.8, 4) is 0 Å². The smallest absolute Gasteiger partial charge is 0.119 e. The molecule has 0 spiro atoms. The van der Waals surface area contributed by atoms with Gasteiger partial charge in [0.15, 0.2) is 0 Å². The van der Waals surface area contributed by atoms with Crippen LogP contribution in [0.1, 0.15) is 45.4 Å². The normalized spacial score (nSPS) is 33.4. The van der Waals surface area contributed by atoms with Crippen molar-refractivity contribution in [3.05, 3.63) is 29.9 Å². The first-order chi connectivity index (χ1) is 8.77. The van der Waals surface area contributed by atoms with E-state index in [1.165, 1.54) is 43.4 Å². The van der Waals surface area contributed by atoms with Crippen LogP contribution in [0.15, 0.2) is 23.5 Å². The third-order valence-corrected chi connectivity index (χ3v) is 4.48. The van der Waals surface area contributed by atoms with Crippen molar-refractivity contribution in [2.75, 3.05) is 13.1 Å². The lowest BCUT2D eigenvalue weighted by atomic mass is 9.77. The molecule has 1 N–H and O–H groups in total. The number of hydrogen-bond donors (Lipinski definition) is 1. The Hall–Kier alpha value is -0.760. The van der Waals surface area contributed by atoms with Gasteiger partial charge in [0.05, 0.1) is 0 Å². The van der Waals surface area contributed by atoms with Crippen molar-refractivity contribution < 1.29 is 4.74 Å². The summed E-state index contributed by atoms with van der Waals surface area (Å²) in [6.45, 7) is 4.36. The van der Waals surface area contributed by atoms with Crippen LogP contribution >= 0.6 is 0 Å². The molecule has 1 saturated carbocycles. The summed E-state index contributed by atoms with van der Waals surface area (Å²) < 4.78 is 6.40. The number of hydrogen-bond acceptors (Lipinski definition) is 2. The predicted octanol–water partition coefficient (Wildman–Crippen LogP) is 3.36. The van der Waals surface area contributed by atoms with Crippen LogP contribution in [0.25, 0.3) is 0 Å². The lowest BCUT2D eigenvalue weighted by molar-refractivity contribution is -0.000819. The van der Waals surface area contributed by atoms with Gasteiger partial charge in [0.25, 0.3) is 0 Å². The molecular formula is C16H24NO. The molecule has 0 aromatic rings. The summed E-state index contributed by atoms with van der Waals surface area (Å²) in [5.74, 6) is 1.93. The minimum atomic E-state index is -0.00966. The summed E-state index contributed by atoms with van der Waals surface area (Å²) in [7, 11) is 0. The highest BCUT2D eigenvalue weighted by atomic mass is 16.5.